The molecule has 2 aromatic rings. The first-order valence-corrected chi connectivity index (χ1v) is 13.1. The number of hydrogen-bond acceptors (Lipinski definition) is 9. The van der Waals surface area contributed by atoms with E-state index in [1.54, 1.807) is 31.6 Å². The minimum absolute atomic E-state index is 0.0178. The van der Waals surface area contributed by atoms with Crippen molar-refractivity contribution in [3.63, 3.8) is 0 Å². The van der Waals surface area contributed by atoms with E-state index in [-0.39, 0.29) is 12.1 Å². The topological polar surface area (TPSA) is 78.3 Å². The smallest absolute Gasteiger partial charge is 0.320 e. The molecule has 0 amide bonds. The Balaban J connectivity index is 1.31. The quantitative estimate of drug-likeness (QED) is 0.394. The summed E-state index contributed by atoms with van der Waals surface area (Å²) in [5.41, 5.74) is 1.35. The van der Waals surface area contributed by atoms with Gasteiger partial charge in [-0.3, -0.25) is 9.69 Å². The third-order valence-electron chi connectivity index (χ3n) is 6.71. The van der Waals surface area contributed by atoms with Crippen molar-refractivity contribution in [2.45, 2.75) is 18.9 Å². The number of methoxy groups -OCH3 is 2. The van der Waals surface area contributed by atoms with Gasteiger partial charge < -0.3 is 24.0 Å². The van der Waals surface area contributed by atoms with Crippen LogP contribution in [0.2, 0.25) is 0 Å². The first-order chi connectivity index (χ1) is 17.5. The number of hydrogen-bond donors (Lipinski definition) is 0. The third kappa shape index (κ3) is 6.58. The Labute approximate surface area is 217 Å². The lowest BCUT2D eigenvalue weighted by molar-refractivity contribution is -0.151. The van der Waals surface area contributed by atoms with Crippen molar-refractivity contribution in [2.75, 3.05) is 72.0 Å². The van der Waals surface area contributed by atoms with Gasteiger partial charge in [0, 0.05) is 57.0 Å². The number of nitriles is 1. The van der Waals surface area contributed by atoms with Crippen molar-refractivity contribution >= 4 is 34.0 Å². The third-order valence-corrected chi connectivity index (χ3v) is 7.81. The van der Waals surface area contributed by atoms with Crippen molar-refractivity contribution in [2.24, 2.45) is 0 Å². The lowest BCUT2D eigenvalue weighted by Crippen LogP contribution is -2.47. The Bertz CT molecular complexity index is 1110. The van der Waals surface area contributed by atoms with Gasteiger partial charge in [-0.2, -0.15) is 5.26 Å². The summed E-state index contributed by atoms with van der Waals surface area (Å²) in [5.74, 6) is 1.11. The molecule has 1 aromatic carbocycles. The molecule has 1 aromatic heterocycles. The van der Waals surface area contributed by atoms with Crippen LogP contribution in [0.25, 0.3) is 11.6 Å². The van der Waals surface area contributed by atoms with E-state index in [4.69, 9.17) is 14.2 Å². The number of carbonyl (C=O) groups is 1. The van der Waals surface area contributed by atoms with Gasteiger partial charge in [-0.1, -0.05) is 0 Å². The molecule has 9 heteroatoms. The number of likely N-dealkylation sites (N-methyl/N-ethyl adjacent to an activating group) is 1. The minimum Gasteiger partial charge on any atom is -0.493 e. The van der Waals surface area contributed by atoms with E-state index in [2.05, 4.69) is 33.9 Å². The summed E-state index contributed by atoms with van der Waals surface area (Å²) in [4.78, 5) is 20.2. The maximum absolute atomic E-state index is 12.4. The number of thiophene rings is 1. The highest BCUT2D eigenvalue weighted by atomic mass is 32.1. The first-order valence-electron chi connectivity index (χ1n) is 12.3. The Morgan fingerprint density at radius 3 is 2.44 bits per heavy atom. The Morgan fingerprint density at radius 1 is 1.06 bits per heavy atom. The number of allylic oxidation sites excluding steroid dienone is 1. The zero-order valence-electron chi connectivity index (χ0n) is 21.2. The number of nitrogens with zero attached hydrogens (tertiary/aromatic N) is 4. The highest BCUT2D eigenvalue weighted by Crippen LogP contribution is 2.34. The Hall–Kier alpha value is -3.06. The monoisotopic (exact) mass is 510 g/mol. The molecule has 0 bridgehead atoms. The van der Waals surface area contributed by atoms with Crippen LogP contribution in [0.1, 0.15) is 23.3 Å². The number of piperidine rings is 1. The van der Waals surface area contributed by atoms with Crippen LogP contribution in [0.4, 0.5) is 5.00 Å². The Kier molecular flexibility index (Phi) is 8.86. The SMILES string of the molecule is COc1ccc(C(C#N)=Cc2ccc(N3CCC(OC(=O)CN4CCN(C)CC4)CC3)s2)cc1OC. The molecule has 2 aliphatic heterocycles. The van der Waals surface area contributed by atoms with Gasteiger partial charge in [0.25, 0.3) is 0 Å². The lowest BCUT2D eigenvalue weighted by Gasteiger charge is -2.34. The molecule has 0 aliphatic carbocycles. The lowest BCUT2D eigenvalue weighted by atomic mass is 10.1. The molecule has 0 atom stereocenters. The minimum atomic E-state index is -0.110. The van der Waals surface area contributed by atoms with E-state index in [1.165, 1.54) is 0 Å². The van der Waals surface area contributed by atoms with Crippen molar-refractivity contribution in [3.05, 3.63) is 40.8 Å². The van der Waals surface area contributed by atoms with Gasteiger partial charge in [0.1, 0.15) is 6.10 Å². The number of ether oxygens (including phenoxy) is 3. The van der Waals surface area contributed by atoms with Crippen LogP contribution in [-0.4, -0.2) is 89.0 Å². The van der Waals surface area contributed by atoms with Gasteiger partial charge in [0.05, 0.1) is 37.4 Å². The van der Waals surface area contributed by atoms with Crippen LogP contribution in [0, 0.1) is 11.3 Å². The number of benzene rings is 1. The molecule has 3 heterocycles. The summed E-state index contributed by atoms with van der Waals surface area (Å²) >= 11 is 1.66. The van der Waals surface area contributed by atoms with Gasteiger partial charge >= 0.3 is 5.97 Å². The molecule has 0 saturated carbocycles. The van der Waals surface area contributed by atoms with Gasteiger partial charge in [-0.25, -0.2) is 0 Å². The number of anilines is 1. The second-order valence-electron chi connectivity index (χ2n) is 9.17. The summed E-state index contributed by atoms with van der Waals surface area (Å²) in [6.07, 6.45) is 3.54. The molecular weight excluding hydrogens is 476 g/mol. The zero-order valence-corrected chi connectivity index (χ0v) is 22.1. The van der Waals surface area contributed by atoms with E-state index in [1.807, 2.05) is 24.3 Å². The highest BCUT2D eigenvalue weighted by Gasteiger charge is 2.25. The average Bonchev–Trinajstić information content (AvgIpc) is 3.37. The molecule has 8 nitrogen and oxygen atoms in total. The van der Waals surface area contributed by atoms with Crippen molar-refractivity contribution in [1.29, 1.82) is 5.26 Å². The van der Waals surface area contributed by atoms with Crippen LogP contribution in [0.15, 0.2) is 30.3 Å². The predicted octanol–water partition coefficient (Wildman–Crippen LogP) is 3.59. The van der Waals surface area contributed by atoms with E-state index in [9.17, 15) is 10.1 Å². The molecule has 4 rings (SSSR count). The van der Waals surface area contributed by atoms with E-state index in [0.29, 0.717) is 23.6 Å². The molecule has 2 aliphatic rings. The number of piperazine rings is 1. The maximum Gasteiger partial charge on any atom is 0.320 e. The second kappa shape index (κ2) is 12.3. The molecule has 192 valence electrons. The van der Waals surface area contributed by atoms with Crippen LogP contribution < -0.4 is 14.4 Å². The normalized spacial score (nSPS) is 18.1. The zero-order chi connectivity index (χ0) is 25.5. The van der Waals surface area contributed by atoms with E-state index in [0.717, 1.165) is 67.6 Å². The summed E-state index contributed by atoms with van der Waals surface area (Å²) in [5, 5.41) is 10.9. The van der Waals surface area contributed by atoms with Crippen molar-refractivity contribution in [1.82, 2.24) is 9.80 Å². The van der Waals surface area contributed by atoms with Crippen molar-refractivity contribution in [3.8, 4) is 17.6 Å². The van der Waals surface area contributed by atoms with Crippen molar-refractivity contribution < 1.29 is 19.0 Å². The molecule has 0 N–H and O–H groups in total. The Morgan fingerprint density at radius 2 is 1.78 bits per heavy atom. The largest absolute Gasteiger partial charge is 0.493 e. The van der Waals surface area contributed by atoms with Crippen LogP contribution >= 0.6 is 11.3 Å². The van der Waals surface area contributed by atoms with Crippen LogP contribution in [0.5, 0.6) is 11.5 Å². The molecular formula is C27H34N4O4S. The predicted molar refractivity (Wildman–Crippen MR) is 143 cm³/mol. The van der Waals surface area contributed by atoms with E-state index < -0.39 is 0 Å². The summed E-state index contributed by atoms with van der Waals surface area (Å²) in [6.45, 7) is 5.89. The average molecular weight is 511 g/mol. The van der Waals surface area contributed by atoms with Gasteiger partial charge in [0.2, 0.25) is 0 Å². The molecule has 2 saturated heterocycles. The fraction of sp³-hybridized carbons (Fsp3) is 0.481. The van der Waals surface area contributed by atoms with Crippen LogP contribution in [-0.2, 0) is 9.53 Å². The second-order valence-corrected chi connectivity index (χ2v) is 10.3. The molecule has 0 radical (unpaired) electrons. The number of esters is 1. The molecule has 0 unspecified atom stereocenters. The first kappa shape index (κ1) is 26.0. The number of carbonyl (C=O) groups excluding carboxylic acids is 1. The molecule has 36 heavy (non-hydrogen) atoms. The fourth-order valence-corrected chi connectivity index (χ4v) is 5.52. The fourth-order valence-electron chi connectivity index (χ4n) is 4.52. The summed E-state index contributed by atoms with van der Waals surface area (Å²) in [7, 11) is 5.28. The maximum atomic E-state index is 12.4. The van der Waals surface area contributed by atoms with Gasteiger partial charge in [-0.05, 0) is 49.0 Å². The van der Waals surface area contributed by atoms with Gasteiger partial charge in [-0.15, -0.1) is 11.3 Å². The van der Waals surface area contributed by atoms with Crippen LogP contribution in [0.3, 0.4) is 0 Å². The number of rotatable bonds is 8. The molecule has 2 fully saturated rings. The van der Waals surface area contributed by atoms with E-state index >= 15 is 0 Å². The summed E-state index contributed by atoms with van der Waals surface area (Å²) < 4.78 is 16.5. The van der Waals surface area contributed by atoms with Gasteiger partial charge in [0.15, 0.2) is 11.5 Å². The molecule has 0 spiro atoms. The standard InChI is InChI=1S/C27H34N4O4S/c1-29-12-14-30(15-13-29)19-27(32)35-22-8-10-31(11-9-22)26-7-5-23(36-26)16-21(18-28)20-4-6-24(33-2)25(17-20)34-3/h4-7,16-17,22H,8-15,19H2,1-3H3. The summed E-state index contributed by atoms with van der Waals surface area (Å²) in [6, 6.07) is 11.9. The highest BCUT2D eigenvalue weighted by molar-refractivity contribution is 7.17.